The zero-order chi connectivity index (χ0) is 17.0. The van der Waals surface area contributed by atoms with Crippen LogP contribution in [-0.2, 0) is 4.79 Å². The van der Waals surface area contributed by atoms with Crippen LogP contribution in [0.4, 0.5) is 0 Å². The van der Waals surface area contributed by atoms with Crippen LogP contribution in [0.2, 0.25) is 0 Å². The van der Waals surface area contributed by atoms with Crippen molar-refractivity contribution in [3.05, 3.63) is 35.7 Å². The molecule has 3 rings (SSSR count). The van der Waals surface area contributed by atoms with E-state index in [0.29, 0.717) is 0 Å². The van der Waals surface area contributed by atoms with Crippen LogP contribution >= 0.6 is 0 Å². The van der Waals surface area contributed by atoms with E-state index in [4.69, 9.17) is 0 Å². The number of carbonyl (C=O) groups excluding carboxylic acids is 1. The minimum absolute atomic E-state index is 0.266. The first-order valence-electron chi connectivity index (χ1n) is 9.16. The Morgan fingerprint density at radius 3 is 2.58 bits per heavy atom. The number of carbonyl (C=O) groups is 1. The Labute approximate surface area is 145 Å². The maximum atomic E-state index is 12.8. The normalized spacial score (nSPS) is 24.4. The molecule has 130 valence electrons. The standard InChI is InChI=1S/C20H29N3O/c1-20(2)16-23(13-12-22-10-6-3-7-11-22)15-17(19(20)24)14-18-8-4-5-9-21-18/h4-5,8-9,14H,3,6-7,10-13,15-16H2,1-2H3. The fraction of sp³-hybridized carbons (Fsp3) is 0.600. The summed E-state index contributed by atoms with van der Waals surface area (Å²) in [4.78, 5) is 22.1. The van der Waals surface area contributed by atoms with Gasteiger partial charge in [-0.05, 0) is 44.1 Å². The third-order valence-corrected chi connectivity index (χ3v) is 5.11. The summed E-state index contributed by atoms with van der Waals surface area (Å²) < 4.78 is 0. The molecule has 2 saturated heterocycles. The summed E-state index contributed by atoms with van der Waals surface area (Å²) >= 11 is 0. The van der Waals surface area contributed by atoms with Crippen LogP contribution in [0, 0.1) is 5.41 Å². The summed E-state index contributed by atoms with van der Waals surface area (Å²) in [5.41, 5.74) is 1.44. The maximum Gasteiger partial charge on any atom is 0.167 e. The number of ketones is 1. The highest BCUT2D eigenvalue weighted by molar-refractivity contribution is 6.04. The monoisotopic (exact) mass is 327 g/mol. The third-order valence-electron chi connectivity index (χ3n) is 5.11. The lowest BCUT2D eigenvalue weighted by atomic mass is 9.80. The fourth-order valence-corrected chi connectivity index (χ4v) is 3.81. The van der Waals surface area contributed by atoms with Gasteiger partial charge in [0.05, 0.1) is 5.69 Å². The average molecular weight is 327 g/mol. The highest BCUT2D eigenvalue weighted by Crippen LogP contribution is 2.29. The molecule has 1 aromatic heterocycles. The Hall–Kier alpha value is -1.52. The number of piperidine rings is 2. The molecule has 4 heteroatoms. The van der Waals surface area contributed by atoms with Crippen molar-refractivity contribution >= 4 is 11.9 Å². The van der Waals surface area contributed by atoms with Crippen molar-refractivity contribution in [3.63, 3.8) is 0 Å². The lowest BCUT2D eigenvalue weighted by molar-refractivity contribution is -0.126. The summed E-state index contributed by atoms with van der Waals surface area (Å²) in [5, 5.41) is 0. The van der Waals surface area contributed by atoms with Crippen molar-refractivity contribution in [2.45, 2.75) is 33.1 Å². The van der Waals surface area contributed by atoms with Crippen molar-refractivity contribution in [3.8, 4) is 0 Å². The van der Waals surface area contributed by atoms with E-state index < -0.39 is 0 Å². The summed E-state index contributed by atoms with van der Waals surface area (Å²) in [5.74, 6) is 0.266. The fourth-order valence-electron chi connectivity index (χ4n) is 3.81. The van der Waals surface area contributed by atoms with Gasteiger partial charge in [-0.1, -0.05) is 26.3 Å². The number of aromatic nitrogens is 1. The molecule has 0 saturated carbocycles. The molecule has 3 heterocycles. The van der Waals surface area contributed by atoms with Gasteiger partial charge in [0.1, 0.15) is 0 Å². The van der Waals surface area contributed by atoms with E-state index in [1.54, 1.807) is 6.20 Å². The Balaban J connectivity index is 1.68. The second kappa shape index (κ2) is 7.58. The van der Waals surface area contributed by atoms with E-state index in [2.05, 4.69) is 28.6 Å². The minimum Gasteiger partial charge on any atom is -0.302 e. The molecular formula is C20H29N3O. The highest BCUT2D eigenvalue weighted by Gasteiger charge is 2.37. The molecule has 1 aromatic rings. The Kier molecular flexibility index (Phi) is 5.47. The number of hydrogen-bond acceptors (Lipinski definition) is 4. The zero-order valence-electron chi connectivity index (χ0n) is 15.0. The molecule has 0 aromatic carbocycles. The minimum atomic E-state index is -0.319. The SMILES string of the molecule is CC1(C)CN(CCN2CCCCC2)CC(=Cc2ccccn2)C1=O. The van der Waals surface area contributed by atoms with Crippen LogP contribution in [0.1, 0.15) is 38.8 Å². The van der Waals surface area contributed by atoms with Crippen LogP contribution in [0.5, 0.6) is 0 Å². The number of nitrogens with zero attached hydrogens (tertiary/aromatic N) is 3. The van der Waals surface area contributed by atoms with E-state index >= 15 is 0 Å². The zero-order valence-corrected chi connectivity index (χ0v) is 15.0. The van der Waals surface area contributed by atoms with Gasteiger partial charge in [-0.2, -0.15) is 0 Å². The highest BCUT2D eigenvalue weighted by atomic mass is 16.1. The number of likely N-dealkylation sites (tertiary alicyclic amines) is 2. The molecule has 2 aliphatic heterocycles. The van der Waals surface area contributed by atoms with Crippen molar-refractivity contribution in [1.29, 1.82) is 0 Å². The molecule has 0 unspecified atom stereocenters. The molecule has 0 bridgehead atoms. The summed E-state index contributed by atoms with van der Waals surface area (Å²) in [6.07, 6.45) is 7.78. The number of hydrogen-bond donors (Lipinski definition) is 0. The topological polar surface area (TPSA) is 36.4 Å². The molecule has 0 N–H and O–H groups in total. The average Bonchev–Trinajstić information content (AvgIpc) is 2.59. The van der Waals surface area contributed by atoms with Crippen molar-refractivity contribution in [1.82, 2.24) is 14.8 Å². The second-order valence-electron chi connectivity index (χ2n) is 7.75. The lowest BCUT2D eigenvalue weighted by Crippen LogP contribution is -2.50. The van der Waals surface area contributed by atoms with E-state index in [9.17, 15) is 4.79 Å². The molecular weight excluding hydrogens is 298 g/mol. The van der Waals surface area contributed by atoms with Crippen LogP contribution in [0.25, 0.3) is 6.08 Å². The molecule has 0 aliphatic carbocycles. The van der Waals surface area contributed by atoms with Gasteiger partial charge in [-0.25, -0.2) is 0 Å². The van der Waals surface area contributed by atoms with Gasteiger partial charge in [0.25, 0.3) is 0 Å². The van der Waals surface area contributed by atoms with Gasteiger partial charge in [-0.3, -0.25) is 14.7 Å². The van der Waals surface area contributed by atoms with Gasteiger partial charge in [-0.15, -0.1) is 0 Å². The van der Waals surface area contributed by atoms with E-state index in [-0.39, 0.29) is 11.2 Å². The summed E-state index contributed by atoms with van der Waals surface area (Å²) in [6, 6.07) is 5.82. The quantitative estimate of drug-likeness (QED) is 0.797. The van der Waals surface area contributed by atoms with E-state index in [1.807, 2.05) is 24.3 Å². The Morgan fingerprint density at radius 1 is 1.12 bits per heavy atom. The van der Waals surface area contributed by atoms with E-state index in [1.165, 1.54) is 32.4 Å². The first-order valence-corrected chi connectivity index (χ1v) is 9.16. The van der Waals surface area contributed by atoms with Crippen molar-refractivity contribution in [2.75, 3.05) is 39.3 Å². The summed E-state index contributed by atoms with van der Waals surface area (Å²) in [6.45, 7) is 10.3. The predicted molar refractivity (Wildman–Crippen MR) is 97.7 cm³/mol. The second-order valence-corrected chi connectivity index (χ2v) is 7.75. The van der Waals surface area contributed by atoms with Gasteiger partial charge >= 0.3 is 0 Å². The molecule has 0 spiro atoms. The first-order chi connectivity index (χ1) is 11.5. The van der Waals surface area contributed by atoms with Gasteiger partial charge in [0.2, 0.25) is 0 Å². The maximum absolute atomic E-state index is 12.8. The van der Waals surface area contributed by atoms with Gasteiger partial charge in [0, 0.05) is 43.4 Å². The predicted octanol–water partition coefficient (Wildman–Crippen LogP) is 2.86. The van der Waals surface area contributed by atoms with Crippen LogP contribution < -0.4 is 0 Å². The van der Waals surface area contributed by atoms with Crippen LogP contribution in [0.15, 0.2) is 30.0 Å². The lowest BCUT2D eigenvalue weighted by Gasteiger charge is -2.39. The van der Waals surface area contributed by atoms with Crippen LogP contribution in [0.3, 0.4) is 0 Å². The van der Waals surface area contributed by atoms with Crippen LogP contribution in [-0.4, -0.2) is 59.8 Å². The number of pyridine rings is 1. The summed E-state index contributed by atoms with van der Waals surface area (Å²) in [7, 11) is 0. The molecule has 24 heavy (non-hydrogen) atoms. The van der Waals surface area contributed by atoms with E-state index in [0.717, 1.165) is 37.4 Å². The molecule has 0 amide bonds. The first kappa shape index (κ1) is 17.3. The Morgan fingerprint density at radius 2 is 1.88 bits per heavy atom. The van der Waals surface area contributed by atoms with Gasteiger partial charge < -0.3 is 4.90 Å². The number of Topliss-reactive ketones (excluding diaryl/α,β-unsaturated/α-hetero) is 1. The largest absolute Gasteiger partial charge is 0.302 e. The third kappa shape index (κ3) is 4.31. The van der Waals surface area contributed by atoms with Crippen molar-refractivity contribution in [2.24, 2.45) is 5.41 Å². The molecule has 0 radical (unpaired) electrons. The molecule has 0 atom stereocenters. The molecule has 2 aliphatic rings. The van der Waals surface area contributed by atoms with Gasteiger partial charge in [0.15, 0.2) is 5.78 Å². The van der Waals surface area contributed by atoms with Crippen molar-refractivity contribution < 1.29 is 4.79 Å². The molecule has 4 nitrogen and oxygen atoms in total. The molecule has 2 fully saturated rings. The smallest absolute Gasteiger partial charge is 0.167 e. The Bertz CT molecular complexity index is 588. The number of rotatable bonds is 4.